The van der Waals surface area contributed by atoms with Gasteiger partial charge in [-0.3, -0.25) is 0 Å². The van der Waals surface area contributed by atoms with E-state index in [2.05, 4.69) is 0 Å². The zero-order valence-electron chi connectivity index (χ0n) is 12.4. The molecule has 1 N–H and O–H groups in total. The number of hydrogen-bond acceptors (Lipinski definition) is 2. The number of benzene rings is 2. The summed E-state index contributed by atoms with van der Waals surface area (Å²) in [4.78, 5) is 10.5. The fourth-order valence-corrected chi connectivity index (χ4v) is 2.00. The average Bonchev–Trinajstić information content (AvgIpc) is 2.42. The van der Waals surface area contributed by atoms with E-state index in [9.17, 15) is 4.79 Å². The number of ether oxygens (including phenoxy) is 1. The van der Waals surface area contributed by atoms with Crippen LogP contribution >= 0.6 is 0 Å². The maximum Gasteiger partial charge on any atom is 0.328 e. The summed E-state index contributed by atoms with van der Waals surface area (Å²) in [7, 11) is 0. The molecule has 0 saturated heterocycles. The van der Waals surface area contributed by atoms with E-state index < -0.39 is 5.97 Å². The van der Waals surface area contributed by atoms with Crippen LogP contribution in [0, 0.1) is 20.8 Å². The lowest BCUT2D eigenvalue weighted by molar-refractivity contribution is -0.131. The second-order valence-corrected chi connectivity index (χ2v) is 5.06. The molecule has 0 heterocycles. The Morgan fingerprint density at radius 3 is 2.48 bits per heavy atom. The molecule has 0 aliphatic carbocycles. The molecule has 3 nitrogen and oxygen atoms in total. The molecule has 0 aromatic heterocycles. The van der Waals surface area contributed by atoms with E-state index in [0.717, 1.165) is 39.8 Å². The Labute approximate surface area is 124 Å². The molecule has 0 fully saturated rings. The van der Waals surface area contributed by atoms with Crippen molar-refractivity contribution in [2.75, 3.05) is 0 Å². The highest BCUT2D eigenvalue weighted by Crippen LogP contribution is 2.27. The smallest absolute Gasteiger partial charge is 0.328 e. The van der Waals surface area contributed by atoms with Crippen molar-refractivity contribution in [3.8, 4) is 11.5 Å². The number of carboxylic acid groups (broad SMARTS) is 1. The van der Waals surface area contributed by atoms with E-state index in [1.54, 1.807) is 6.08 Å². The lowest BCUT2D eigenvalue weighted by Crippen LogP contribution is -1.91. The van der Waals surface area contributed by atoms with Gasteiger partial charge in [-0.15, -0.1) is 0 Å². The molecule has 21 heavy (non-hydrogen) atoms. The third kappa shape index (κ3) is 3.96. The summed E-state index contributed by atoms with van der Waals surface area (Å²) in [6.45, 7) is 5.96. The lowest BCUT2D eigenvalue weighted by atomic mass is 10.1. The number of hydrogen-bond donors (Lipinski definition) is 1. The van der Waals surface area contributed by atoms with Gasteiger partial charge in [-0.25, -0.2) is 4.79 Å². The summed E-state index contributed by atoms with van der Waals surface area (Å²) in [6, 6.07) is 11.7. The van der Waals surface area contributed by atoms with Crippen molar-refractivity contribution in [2.24, 2.45) is 0 Å². The molecule has 0 unspecified atom stereocenters. The van der Waals surface area contributed by atoms with Crippen molar-refractivity contribution in [1.82, 2.24) is 0 Å². The average molecular weight is 282 g/mol. The summed E-state index contributed by atoms with van der Waals surface area (Å²) >= 11 is 0. The third-order valence-electron chi connectivity index (χ3n) is 3.22. The number of carboxylic acids is 1. The van der Waals surface area contributed by atoms with Gasteiger partial charge in [-0.05, 0) is 67.3 Å². The first-order valence-electron chi connectivity index (χ1n) is 6.72. The molecular weight excluding hydrogens is 264 g/mol. The van der Waals surface area contributed by atoms with Crippen LogP contribution in [0.2, 0.25) is 0 Å². The van der Waals surface area contributed by atoms with Gasteiger partial charge in [0.1, 0.15) is 11.5 Å². The third-order valence-corrected chi connectivity index (χ3v) is 3.22. The molecule has 0 amide bonds. The molecule has 0 radical (unpaired) electrons. The van der Waals surface area contributed by atoms with Crippen molar-refractivity contribution < 1.29 is 14.6 Å². The van der Waals surface area contributed by atoms with E-state index in [4.69, 9.17) is 9.84 Å². The van der Waals surface area contributed by atoms with E-state index >= 15 is 0 Å². The fraction of sp³-hybridized carbons (Fsp3) is 0.167. The molecule has 0 aliphatic heterocycles. The zero-order valence-corrected chi connectivity index (χ0v) is 12.4. The molecule has 2 aromatic carbocycles. The molecule has 108 valence electrons. The summed E-state index contributed by atoms with van der Waals surface area (Å²) in [5, 5.41) is 8.66. The minimum atomic E-state index is -0.954. The second kappa shape index (κ2) is 6.27. The largest absolute Gasteiger partial charge is 0.478 e. The van der Waals surface area contributed by atoms with Crippen LogP contribution in [0.4, 0.5) is 0 Å². The number of aliphatic carboxylic acids is 1. The molecule has 0 aliphatic rings. The summed E-state index contributed by atoms with van der Waals surface area (Å²) in [5.74, 6) is 0.627. The van der Waals surface area contributed by atoms with E-state index in [0.29, 0.717) is 0 Å². The molecule has 3 heteroatoms. The van der Waals surface area contributed by atoms with E-state index in [-0.39, 0.29) is 0 Å². The Kier molecular flexibility index (Phi) is 4.43. The first kappa shape index (κ1) is 14.9. The van der Waals surface area contributed by atoms with Crippen LogP contribution in [0.5, 0.6) is 11.5 Å². The highest BCUT2D eigenvalue weighted by molar-refractivity contribution is 5.85. The minimum Gasteiger partial charge on any atom is -0.478 e. The summed E-state index contributed by atoms with van der Waals surface area (Å²) < 4.78 is 5.91. The quantitative estimate of drug-likeness (QED) is 0.840. The monoisotopic (exact) mass is 282 g/mol. The van der Waals surface area contributed by atoms with Crippen LogP contribution in [0.25, 0.3) is 6.08 Å². The van der Waals surface area contributed by atoms with Gasteiger partial charge >= 0.3 is 5.97 Å². The molecule has 0 bridgehead atoms. The Balaban J connectivity index is 2.24. The van der Waals surface area contributed by atoms with Crippen molar-refractivity contribution >= 4 is 12.0 Å². The fourth-order valence-electron chi connectivity index (χ4n) is 2.00. The highest BCUT2D eigenvalue weighted by Gasteiger charge is 2.04. The Morgan fingerprint density at radius 2 is 1.81 bits per heavy atom. The summed E-state index contributed by atoms with van der Waals surface area (Å²) in [6.07, 6.45) is 2.72. The van der Waals surface area contributed by atoms with Crippen LogP contribution in [0.1, 0.15) is 22.3 Å². The molecule has 2 rings (SSSR count). The van der Waals surface area contributed by atoms with Crippen molar-refractivity contribution in [2.45, 2.75) is 20.8 Å². The maximum absolute atomic E-state index is 10.5. The van der Waals surface area contributed by atoms with E-state index in [1.165, 1.54) is 0 Å². The van der Waals surface area contributed by atoms with Gasteiger partial charge in [0, 0.05) is 6.08 Å². The van der Waals surface area contributed by atoms with Crippen molar-refractivity contribution in [3.63, 3.8) is 0 Å². The summed E-state index contributed by atoms with van der Waals surface area (Å²) in [5.41, 5.74) is 4.06. The molecule has 2 aromatic rings. The van der Waals surface area contributed by atoms with Gasteiger partial charge in [0.2, 0.25) is 0 Å². The predicted molar refractivity (Wildman–Crippen MR) is 83.8 cm³/mol. The topological polar surface area (TPSA) is 46.5 Å². The number of rotatable bonds is 4. The van der Waals surface area contributed by atoms with Crippen LogP contribution in [-0.4, -0.2) is 11.1 Å². The molecule has 0 saturated carbocycles. The van der Waals surface area contributed by atoms with Gasteiger partial charge in [0.25, 0.3) is 0 Å². The standard InChI is InChI=1S/C18H18O3/c1-12-4-5-13(2)17(10-12)21-16-8-6-15(14(3)11-16)7-9-18(19)20/h4-11H,1-3H3,(H,19,20). The van der Waals surface area contributed by atoms with Gasteiger partial charge in [0.05, 0.1) is 0 Å². The van der Waals surface area contributed by atoms with Crippen LogP contribution < -0.4 is 4.74 Å². The van der Waals surface area contributed by atoms with Crippen LogP contribution in [-0.2, 0) is 4.79 Å². The SMILES string of the molecule is Cc1ccc(C)c(Oc2ccc(C=CC(=O)O)c(C)c2)c1. The first-order chi connectivity index (χ1) is 9.95. The van der Waals surface area contributed by atoms with Crippen molar-refractivity contribution in [1.29, 1.82) is 0 Å². The predicted octanol–water partition coefficient (Wildman–Crippen LogP) is 4.50. The Hall–Kier alpha value is -2.55. The normalized spacial score (nSPS) is 10.8. The maximum atomic E-state index is 10.5. The van der Waals surface area contributed by atoms with Gasteiger partial charge in [-0.1, -0.05) is 18.2 Å². The Morgan fingerprint density at radius 1 is 1.05 bits per heavy atom. The minimum absolute atomic E-state index is 0.744. The van der Waals surface area contributed by atoms with Crippen molar-refractivity contribution in [3.05, 3.63) is 64.7 Å². The second-order valence-electron chi connectivity index (χ2n) is 5.06. The van der Waals surface area contributed by atoms with Crippen LogP contribution in [0.3, 0.4) is 0 Å². The Bertz CT molecular complexity index is 700. The number of aryl methyl sites for hydroxylation is 3. The molecule has 0 atom stereocenters. The van der Waals surface area contributed by atoms with Crippen LogP contribution in [0.15, 0.2) is 42.5 Å². The van der Waals surface area contributed by atoms with Gasteiger partial charge < -0.3 is 9.84 Å². The highest BCUT2D eigenvalue weighted by atomic mass is 16.5. The molecular formula is C18H18O3. The number of carbonyl (C=O) groups is 1. The molecule has 0 spiro atoms. The zero-order chi connectivity index (χ0) is 15.4. The van der Waals surface area contributed by atoms with E-state index in [1.807, 2.05) is 57.2 Å². The first-order valence-corrected chi connectivity index (χ1v) is 6.72. The van der Waals surface area contributed by atoms with Gasteiger partial charge in [0.15, 0.2) is 0 Å². The lowest BCUT2D eigenvalue weighted by Gasteiger charge is -2.11. The van der Waals surface area contributed by atoms with Gasteiger partial charge in [-0.2, -0.15) is 0 Å².